The number of anilines is 1. The first-order chi connectivity index (χ1) is 13.8. The molecule has 5 nitrogen and oxygen atoms in total. The molecule has 0 bridgehead atoms. The molecule has 1 saturated heterocycles. The van der Waals surface area contributed by atoms with E-state index >= 15 is 0 Å². The fourth-order valence-electron chi connectivity index (χ4n) is 4.26. The third kappa shape index (κ3) is 3.50. The fourth-order valence-corrected chi connectivity index (χ4v) is 4.26. The van der Waals surface area contributed by atoms with Gasteiger partial charge in [-0.15, -0.1) is 0 Å². The Balaban J connectivity index is 1.48. The monoisotopic (exact) mass is 392 g/mol. The lowest BCUT2D eigenvalue weighted by atomic mass is 9.81. The van der Waals surface area contributed by atoms with Crippen molar-refractivity contribution in [3.05, 3.63) is 58.7 Å². The van der Waals surface area contributed by atoms with E-state index < -0.39 is 5.60 Å². The van der Waals surface area contributed by atoms with Crippen LogP contribution in [0.15, 0.2) is 36.4 Å². The Morgan fingerprint density at radius 2 is 1.69 bits per heavy atom. The van der Waals surface area contributed by atoms with E-state index in [1.807, 2.05) is 74.1 Å². The first-order valence-corrected chi connectivity index (χ1v) is 10.2. The Hall–Kier alpha value is -2.82. The minimum Gasteiger partial charge on any atom is -0.486 e. The van der Waals surface area contributed by atoms with Crippen LogP contribution in [-0.2, 0) is 0 Å². The van der Waals surface area contributed by atoms with Gasteiger partial charge >= 0.3 is 0 Å². The number of ketones is 1. The molecule has 5 heteroatoms. The maximum atomic E-state index is 12.9. The second-order valence-corrected chi connectivity index (χ2v) is 8.50. The maximum absolute atomic E-state index is 12.9. The third-order valence-electron chi connectivity index (χ3n) is 6.37. The quantitative estimate of drug-likeness (QED) is 0.775. The lowest BCUT2D eigenvalue weighted by Gasteiger charge is -2.44. The van der Waals surface area contributed by atoms with E-state index in [2.05, 4.69) is 0 Å². The van der Waals surface area contributed by atoms with E-state index in [9.17, 15) is 9.59 Å². The maximum Gasteiger partial charge on any atom is 0.253 e. The summed E-state index contributed by atoms with van der Waals surface area (Å²) >= 11 is 0. The zero-order valence-corrected chi connectivity index (χ0v) is 17.6. The van der Waals surface area contributed by atoms with Gasteiger partial charge in [0.25, 0.3) is 5.91 Å². The van der Waals surface area contributed by atoms with Gasteiger partial charge in [0.2, 0.25) is 0 Å². The van der Waals surface area contributed by atoms with Gasteiger partial charge < -0.3 is 14.5 Å². The van der Waals surface area contributed by atoms with Gasteiger partial charge in [-0.1, -0.05) is 6.07 Å². The number of rotatable bonds is 2. The van der Waals surface area contributed by atoms with Crippen molar-refractivity contribution >= 4 is 17.4 Å². The van der Waals surface area contributed by atoms with Crippen LogP contribution < -0.4 is 9.64 Å². The fraction of sp³-hybridized carbons (Fsp3) is 0.417. The van der Waals surface area contributed by atoms with Gasteiger partial charge in [0.05, 0.1) is 12.0 Å². The van der Waals surface area contributed by atoms with Crippen LogP contribution in [0.1, 0.15) is 51.1 Å². The van der Waals surface area contributed by atoms with Crippen molar-refractivity contribution in [3.8, 4) is 5.75 Å². The van der Waals surface area contributed by atoms with Gasteiger partial charge in [0, 0.05) is 51.3 Å². The number of likely N-dealkylation sites (tertiary alicyclic amines) is 1. The van der Waals surface area contributed by atoms with E-state index in [4.69, 9.17) is 4.74 Å². The molecule has 1 spiro atoms. The van der Waals surface area contributed by atoms with E-state index in [1.54, 1.807) is 0 Å². The van der Waals surface area contributed by atoms with Crippen LogP contribution in [0.4, 0.5) is 5.69 Å². The Labute approximate surface area is 172 Å². The number of piperidine rings is 1. The third-order valence-corrected chi connectivity index (χ3v) is 6.37. The number of ether oxygens (including phenoxy) is 1. The number of amides is 1. The van der Waals surface area contributed by atoms with E-state index in [1.165, 1.54) is 0 Å². The number of aryl methyl sites for hydroxylation is 1. The highest BCUT2D eigenvalue weighted by Crippen LogP contribution is 2.41. The number of hydrogen-bond donors (Lipinski definition) is 0. The molecule has 2 aromatic carbocycles. The predicted octanol–water partition coefficient (Wildman–Crippen LogP) is 4.01. The van der Waals surface area contributed by atoms with Crippen molar-refractivity contribution in [2.75, 3.05) is 32.1 Å². The molecule has 2 aromatic rings. The highest BCUT2D eigenvalue weighted by Gasteiger charge is 2.44. The zero-order chi connectivity index (χ0) is 20.8. The molecule has 2 aliphatic rings. The number of nitrogens with zero attached hydrogens (tertiary/aromatic N) is 2. The van der Waals surface area contributed by atoms with Gasteiger partial charge in [0.15, 0.2) is 5.78 Å². The number of fused-ring (bicyclic) bond motifs is 1. The predicted molar refractivity (Wildman–Crippen MR) is 114 cm³/mol. The van der Waals surface area contributed by atoms with Crippen molar-refractivity contribution in [2.45, 2.75) is 38.7 Å². The van der Waals surface area contributed by atoms with Crippen molar-refractivity contribution in [1.29, 1.82) is 0 Å². The minimum atomic E-state index is -0.492. The Morgan fingerprint density at radius 1 is 1.03 bits per heavy atom. The summed E-state index contributed by atoms with van der Waals surface area (Å²) in [5.41, 5.74) is 4.13. The number of benzene rings is 2. The molecule has 0 N–H and O–H groups in total. The second kappa shape index (κ2) is 7.21. The van der Waals surface area contributed by atoms with Crippen LogP contribution in [0.2, 0.25) is 0 Å². The van der Waals surface area contributed by atoms with Crippen LogP contribution in [0.25, 0.3) is 0 Å². The highest BCUT2D eigenvalue weighted by atomic mass is 16.5. The minimum absolute atomic E-state index is 0.0414. The average molecular weight is 392 g/mol. The molecule has 0 atom stereocenters. The molecule has 4 rings (SSSR count). The molecule has 0 aliphatic carbocycles. The summed E-state index contributed by atoms with van der Waals surface area (Å²) in [5, 5.41) is 0. The van der Waals surface area contributed by atoms with Gasteiger partial charge in [-0.05, 0) is 55.3 Å². The normalized spacial score (nSPS) is 17.7. The Kier molecular flexibility index (Phi) is 4.85. The van der Waals surface area contributed by atoms with Crippen LogP contribution in [0, 0.1) is 13.8 Å². The largest absolute Gasteiger partial charge is 0.486 e. The summed E-state index contributed by atoms with van der Waals surface area (Å²) in [6, 6.07) is 11.5. The number of carbonyl (C=O) groups is 2. The topological polar surface area (TPSA) is 49.9 Å². The van der Waals surface area contributed by atoms with Crippen LogP contribution in [-0.4, -0.2) is 49.4 Å². The lowest BCUT2D eigenvalue weighted by Crippen LogP contribution is -2.52. The summed E-state index contributed by atoms with van der Waals surface area (Å²) in [6.45, 7) is 5.24. The molecule has 0 radical (unpaired) electrons. The van der Waals surface area contributed by atoms with Gasteiger partial charge in [-0.2, -0.15) is 0 Å². The van der Waals surface area contributed by atoms with Crippen LogP contribution >= 0.6 is 0 Å². The molecular weight excluding hydrogens is 364 g/mol. The summed E-state index contributed by atoms with van der Waals surface area (Å²) < 4.78 is 6.45. The Bertz CT molecular complexity index is 955. The average Bonchev–Trinajstić information content (AvgIpc) is 2.71. The highest BCUT2D eigenvalue weighted by molar-refractivity contribution is 6.01. The number of hydrogen-bond acceptors (Lipinski definition) is 4. The van der Waals surface area contributed by atoms with Crippen LogP contribution in [0.3, 0.4) is 0 Å². The smallest absolute Gasteiger partial charge is 0.253 e. The molecule has 1 amide bonds. The molecule has 2 aliphatic heterocycles. The second-order valence-electron chi connectivity index (χ2n) is 8.50. The molecule has 29 heavy (non-hydrogen) atoms. The van der Waals surface area contributed by atoms with Gasteiger partial charge in [-0.3, -0.25) is 9.59 Å². The van der Waals surface area contributed by atoms with Crippen molar-refractivity contribution in [3.63, 3.8) is 0 Å². The Morgan fingerprint density at radius 3 is 2.31 bits per heavy atom. The molecule has 1 fully saturated rings. The van der Waals surface area contributed by atoms with Gasteiger partial charge in [-0.25, -0.2) is 0 Å². The summed E-state index contributed by atoms with van der Waals surface area (Å²) in [4.78, 5) is 29.6. The first kappa shape index (κ1) is 19.5. The first-order valence-electron chi connectivity index (χ1n) is 10.2. The molecule has 2 heterocycles. The number of Topliss-reactive ketones (excluding diaryl/α,β-unsaturated/α-hetero) is 1. The molecule has 0 unspecified atom stereocenters. The van der Waals surface area contributed by atoms with Crippen molar-refractivity contribution < 1.29 is 14.3 Å². The molecular formula is C24H28N2O3. The molecule has 0 aromatic heterocycles. The van der Waals surface area contributed by atoms with Crippen molar-refractivity contribution in [1.82, 2.24) is 4.90 Å². The molecule has 0 saturated carbocycles. The van der Waals surface area contributed by atoms with Crippen molar-refractivity contribution in [2.24, 2.45) is 0 Å². The molecule has 152 valence electrons. The van der Waals surface area contributed by atoms with E-state index in [-0.39, 0.29) is 11.7 Å². The SMILES string of the molecule is Cc1ccc2c(c1C)OC1(CCN(C(=O)c3ccc(N(C)C)cc3)CC1)CC2=O. The standard InChI is InChI=1S/C24H28N2O3/c1-16-5-10-20-21(27)15-24(29-22(20)17(16)2)11-13-26(14-12-24)23(28)18-6-8-19(9-7-18)25(3)4/h5-10H,11-15H2,1-4H3. The summed E-state index contributed by atoms with van der Waals surface area (Å²) in [5.74, 6) is 0.924. The summed E-state index contributed by atoms with van der Waals surface area (Å²) in [7, 11) is 3.96. The lowest BCUT2D eigenvalue weighted by molar-refractivity contribution is -0.00620. The number of carbonyl (C=O) groups excluding carboxylic acids is 2. The van der Waals surface area contributed by atoms with E-state index in [0.29, 0.717) is 43.5 Å². The van der Waals surface area contributed by atoms with E-state index in [0.717, 1.165) is 22.6 Å². The van der Waals surface area contributed by atoms with Crippen LogP contribution in [0.5, 0.6) is 5.75 Å². The van der Waals surface area contributed by atoms with Gasteiger partial charge in [0.1, 0.15) is 11.4 Å². The summed E-state index contributed by atoms with van der Waals surface area (Å²) in [6.07, 6.45) is 1.74. The zero-order valence-electron chi connectivity index (χ0n) is 17.6.